The Labute approximate surface area is 121 Å². The Morgan fingerprint density at radius 3 is 2.80 bits per heavy atom. The molecule has 1 aromatic rings. The number of carboxylic acids is 1. The summed E-state index contributed by atoms with van der Waals surface area (Å²) in [5.41, 5.74) is -0.575. The predicted octanol–water partition coefficient (Wildman–Crippen LogP) is 0.680. The highest BCUT2D eigenvalue weighted by Crippen LogP contribution is 2.27. The lowest BCUT2D eigenvalue weighted by molar-refractivity contribution is -0.142. The van der Waals surface area contributed by atoms with E-state index in [0.29, 0.717) is 24.0 Å². The maximum Gasteiger partial charge on any atom is 0.315 e. The normalized spacial score (nSPS) is 11.2. The number of nitrogens with one attached hydrogen (secondary N) is 2. The maximum atomic E-state index is 11.5. The number of amides is 1. The van der Waals surface area contributed by atoms with Crippen LogP contribution in [0.4, 0.5) is 5.13 Å². The van der Waals surface area contributed by atoms with Crippen LogP contribution >= 0.6 is 11.3 Å². The molecule has 1 rings (SSSR count). The van der Waals surface area contributed by atoms with Gasteiger partial charge in [0.15, 0.2) is 5.13 Å². The van der Waals surface area contributed by atoms with Crippen molar-refractivity contribution in [1.29, 1.82) is 0 Å². The minimum atomic E-state index is -1.04. The van der Waals surface area contributed by atoms with Gasteiger partial charge in [-0.2, -0.15) is 0 Å². The first-order chi connectivity index (χ1) is 9.37. The Bertz CT molecular complexity index is 473. The van der Waals surface area contributed by atoms with Gasteiger partial charge in [-0.15, -0.1) is 11.3 Å². The summed E-state index contributed by atoms with van der Waals surface area (Å²) >= 11 is 1.27. The molecule has 20 heavy (non-hydrogen) atoms. The van der Waals surface area contributed by atoms with Gasteiger partial charge >= 0.3 is 5.97 Å². The molecule has 0 aromatic carbocycles. The highest BCUT2D eigenvalue weighted by atomic mass is 32.1. The van der Waals surface area contributed by atoms with E-state index in [9.17, 15) is 9.59 Å². The average Bonchev–Trinajstić information content (AvgIpc) is 2.86. The van der Waals surface area contributed by atoms with E-state index in [1.807, 2.05) is 0 Å². The van der Waals surface area contributed by atoms with Gasteiger partial charge in [-0.3, -0.25) is 9.59 Å². The van der Waals surface area contributed by atoms with E-state index in [0.717, 1.165) is 0 Å². The van der Waals surface area contributed by atoms with Crippen LogP contribution in [0.2, 0.25) is 0 Å². The Balaban J connectivity index is 2.49. The molecule has 0 spiro atoms. The largest absolute Gasteiger partial charge is 0.481 e. The molecule has 0 fully saturated rings. The Morgan fingerprint density at radius 2 is 2.20 bits per heavy atom. The minimum Gasteiger partial charge on any atom is -0.481 e. The molecule has 0 radical (unpaired) electrons. The Kier molecular flexibility index (Phi) is 5.90. The first-order valence-electron chi connectivity index (χ1n) is 6.07. The Morgan fingerprint density at radius 1 is 1.50 bits per heavy atom. The zero-order chi connectivity index (χ0) is 15.2. The molecule has 8 heteroatoms. The van der Waals surface area contributed by atoms with Gasteiger partial charge < -0.3 is 20.5 Å². The van der Waals surface area contributed by atoms with E-state index in [4.69, 9.17) is 9.84 Å². The monoisotopic (exact) mass is 301 g/mol. The molecule has 0 unspecified atom stereocenters. The molecule has 0 aliphatic rings. The number of ether oxygens (including phenoxy) is 1. The third-order valence-corrected chi connectivity index (χ3v) is 3.51. The van der Waals surface area contributed by atoms with Crippen molar-refractivity contribution in [1.82, 2.24) is 10.3 Å². The fraction of sp³-hybridized carbons (Fsp3) is 0.583. The molecule has 0 saturated carbocycles. The standard InChI is InChI=1S/C12H19N3O4S/c1-12(2,10(17)18)8-7-20-11(15-8)14-6-9(16)13-4-5-19-3/h7H,4-6H2,1-3H3,(H,13,16)(H,14,15)(H,17,18). The van der Waals surface area contributed by atoms with Crippen LogP contribution in [0.5, 0.6) is 0 Å². The Hall–Kier alpha value is -1.67. The number of methoxy groups -OCH3 is 1. The van der Waals surface area contributed by atoms with E-state index in [-0.39, 0.29) is 12.5 Å². The van der Waals surface area contributed by atoms with Crippen LogP contribution in [0.1, 0.15) is 19.5 Å². The van der Waals surface area contributed by atoms with E-state index < -0.39 is 11.4 Å². The number of rotatable bonds is 8. The summed E-state index contributed by atoms with van der Waals surface area (Å²) in [4.78, 5) is 26.8. The van der Waals surface area contributed by atoms with Crippen molar-refractivity contribution in [2.75, 3.05) is 32.1 Å². The summed E-state index contributed by atoms with van der Waals surface area (Å²) in [7, 11) is 1.56. The maximum absolute atomic E-state index is 11.5. The second-order valence-corrected chi connectivity index (χ2v) is 5.52. The van der Waals surface area contributed by atoms with E-state index in [1.54, 1.807) is 26.3 Å². The smallest absolute Gasteiger partial charge is 0.315 e. The average molecular weight is 301 g/mol. The number of carbonyl (C=O) groups is 2. The van der Waals surface area contributed by atoms with Gasteiger partial charge in [-0.1, -0.05) is 0 Å². The topological polar surface area (TPSA) is 101 Å². The summed E-state index contributed by atoms with van der Waals surface area (Å²) in [6.07, 6.45) is 0. The summed E-state index contributed by atoms with van der Waals surface area (Å²) in [6, 6.07) is 0. The summed E-state index contributed by atoms with van der Waals surface area (Å²) in [5, 5.41) is 16.8. The van der Waals surface area contributed by atoms with E-state index >= 15 is 0 Å². The van der Waals surface area contributed by atoms with Crippen LogP contribution in [0.3, 0.4) is 0 Å². The molecule has 7 nitrogen and oxygen atoms in total. The van der Waals surface area contributed by atoms with Crippen molar-refractivity contribution in [2.24, 2.45) is 0 Å². The fourth-order valence-corrected chi connectivity index (χ4v) is 2.14. The van der Waals surface area contributed by atoms with Crippen LogP contribution in [-0.2, 0) is 19.7 Å². The van der Waals surface area contributed by atoms with Crippen molar-refractivity contribution in [3.05, 3.63) is 11.1 Å². The van der Waals surface area contributed by atoms with Gasteiger partial charge in [0.1, 0.15) is 5.41 Å². The van der Waals surface area contributed by atoms with E-state index in [1.165, 1.54) is 11.3 Å². The number of anilines is 1. The van der Waals surface area contributed by atoms with Gasteiger partial charge in [0, 0.05) is 19.0 Å². The van der Waals surface area contributed by atoms with Gasteiger partial charge in [-0.25, -0.2) is 4.98 Å². The number of thiazole rings is 1. The first kappa shape index (κ1) is 16.4. The predicted molar refractivity (Wildman–Crippen MR) is 76.2 cm³/mol. The fourth-order valence-electron chi connectivity index (χ4n) is 1.26. The molecule has 1 aromatic heterocycles. The molecule has 0 aliphatic carbocycles. The molecule has 112 valence electrons. The highest BCUT2D eigenvalue weighted by Gasteiger charge is 2.32. The molecule has 0 bridgehead atoms. The van der Waals surface area contributed by atoms with Crippen molar-refractivity contribution in [3.8, 4) is 0 Å². The number of aromatic nitrogens is 1. The summed E-state index contributed by atoms with van der Waals surface area (Å²) in [6.45, 7) is 4.17. The van der Waals surface area contributed by atoms with Gasteiger partial charge in [0.05, 0.1) is 18.8 Å². The van der Waals surface area contributed by atoms with Crippen LogP contribution in [-0.4, -0.2) is 48.8 Å². The number of carboxylic acid groups (broad SMARTS) is 1. The van der Waals surface area contributed by atoms with Crippen molar-refractivity contribution in [2.45, 2.75) is 19.3 Å². The second kappa shape index (κ2) is 7.20. The summed E-state index contributed by atoms with van der Waals surface area (Å²) < 4.78 is 4.82. The molecule has 0 saturated heterocycles. The highest BCUT2D eigenvalue weighted by molar-refractivity contribution is 7.13. The number of carbonyl (C=O) groups excluding carboxylic acids is 1. The van der Waals surface area contributed by atoms with Crippen LogP contribution in [0.25, 0.3) is 0 Å². The first-order valence-corrected chi connectivity index (χ1v) is 6.94. The summed E-state index contributed by atoms with van der Waals surface area (Å²) in [5.74, 6) is -1.11. The molecule has 1 amide bonds. The van der Waals surface area contributed by atoms with Crippen molar-refractivity contribution < 1.29 is 19.4 Å². The van der Waals surface area contributed by atoms with E-state index in [2.05, 4.69) is 15.6 Å². The number of hydrogen-bond donors (Lipinski definition) is 3. The molecule has 0 aliphatic heterocycles. The lowest BCUT2D eigenvalue weighted by Gasteiger charge is -2.15. The quantitative estimate of drug-likeness (QED) is 0.611. The molecule has 0 atom stereocenters. The SMILES string of the molecule is COCCNC(=O)CNc1nc(C(C)(C)C(=O)O)cs1. The zero-order valence-corrected chi connectivity index (χ0v) is 12.5. The van der Waals surface area contributed by atoms with Crippen LogP contribution in [0.15, 0.2) is 5.38 Å². The van der Waals surface area contributed by atoms with Crippen LogP contribution < -0.4 is 10.6 Å². The van der Waals surface area contributed by atoms with Gasteiger partial charge in [-0.05, 0) is 13.8 Å². The van der Waals surface area contributed by atoms with Crippen molar-refractivity contribution in [3.63, 3.8) is 0 Å². The molecular formula is C12H19N3O4S. The second-order valence-electron chi connectivity index (χ2n) is 4.66. The third-order valence-electron chi connectivity index (χ3n) is 2.71. The third kappa shape index (κ3) is 4.46. The number of aliphatic carboxylic acids is 1. The molecule has 3 N–H and O–H groups in total. The number of hydrogen-bond acceptors (Lipinski definition) is 6. The lowest BCUT2D eigenvalue weighted by Crippen LogP contribution is -2.32. The van der Waals surface area contributed by atoms with Gasteiger partial charge in [0.25, 0.3) is 0 Å². The van der Waals surface area contributed by atoms with Gasteiger partial charge in [0.2, 0.25) is 5.91 Å². The van der Waals surface area contributed by atoms with Crippen molar-refractivity contribution >= 4 is 28.3 Å². The zero-order valence-electron chi connectivity index (χ0n) is 11.7. The minimum absolute atomic E-state index is 0.0875. The van der Waals surface area contributed by atoms with Crippen LogP contribution in [0, 0.1) is 0 Å². The lowest BCUT2D eigenvalue weighted by atomic mass is 9.90. The number of nitrogens with zero attached hydrogens (tertiary/aromatic N) is 1. The molecular weight excluding hydrogens is 282 g/mol. The molecule has 1 heterocycles.